The molecule has 0 aromatic heterocycles. The van der Waals surface area contributed by atoms with Gasteiger partial charge in [0.2, 0.25) is 5.91 Å². The Bertz CT molecular complexity index is 575. The van der Waals surface area contributed by atoms with Crippen molar-refractivity contribution in [1.29, 1.82) is 0 Å². The quantitative estimate of drug-likeness (QED) is 0.831. The first-order valence-electron chi connectivity index (χ1n) is 7.35. The number of nitrogens with one attached hydrogen (secondary N) is 1. The maximum atomic E-state index is 12.4. The highest BCUT2D eigenvalue weighted by Crippen LogP contribution is 2.24. The van der Waals surface area contributed by atoms with Crippen molar-refractivity contribution in [3.8, 4) is 0 Å². The third kappa shape index (κ3) is 4.57. The lowest BCUT2D eigenvalue weighted by Gasteiger charge is -2.30. The third-order valence-corrected chi connectivity index (χ3v) is 5.72. The lowest BCUT2D eigenvalue weighted by atomic mass is 10.1. The van der Waals surface area contributed by atoms with E-state index in [-0.39, 0.29) is 11.6 Å². The average Bonchev–Trinajstić information content (AvgIpc) is 2.45. The predicted molar refractivity (Wildman–Crippen MR) is 90.8 cm³/mol. The summed E-state index contributed by atoms with van der Waals surface area (Å²) in [5.74, 6) is 0.0949. The highest BCUT2D eigenvalue weighted by Gasteiger charge is 2.29. The van der Waals surface area contributed by atoms with Crippen LogP contribution in [-0.2, 0) is 11.2 Å². The Balaban J connectivity index is 2.11. The molecule has 0 saturated heterocycles. The number of benzene rings is 2. The Morgan fingerprint density at radius 1 is 0.952 bits per heavy atom. The number of carbonyl (C=O) groups excluding carboxylic acids is 1. The fourth-order valence-corrected chi connectivity index (χ4v) is 4.23. The normalized spacial score (nSPS) is 12.7. The second-order valence-corrected chi connectivity index (χ2v) is 11.7. The molecule has 0 saturated carbocycles. The zero-order valence-electron chi connectivity index (χ0n) is 13.0. The van der Waals surface area contributed by atoms with Gasteiger partial charge in [-0.2, -0.15) is 0 Å². The van der Waals surface area contributed by atoms with Gasteiger partial charge in [0.05, 0.1) is 14.5 Å². The Morgan fingerprint density at radius 3 is 2.00 bits per heavy atom. The van der Waals surface area contributed by atoms with E-state index in [2.05, 4.69) is 37.1 Å². The van der Waals surface area contributed by atoms with Crippen LogP contribution in [0.15, 0.2) is 60.7 Å². The zero-order chi connectivity index (χ0) is 15.3. The lowest BCUT2D eigenvalue weighted by Crippen LogP contribution is -2.44. The van der Waals surface area contributed by atoms with Crippen LogP contribution in [0.4, 0.5) is 0 Å². The van der Waals surface area contributed by atoms with Crippen molar-refractivity contribution in [2.45, 2.75) is 31.7 Å². The highest BCUT2D eigenvalue weighted by molar-refractivity contribution is 6.77. The molecular weight excluding hydrogens is 274 g/mol. The van der Waals surface area contributed by atoms with Crippen LogP contribution in [0.5, 0.6) is 0 Å². The molecule has 0 aliphatic rings. The van der Waals surface area contributed by atoms with E-state index in [1.807, 2.05) is 48.5 Å². The number of hydrogen-bond acceptors (Lipinski definition) is 1. The van der Waals surface area contributed by atoms with Crippen molar-refractivity contribution in [3.63, 3.8) is 0 Å². The number of rotatable bonds is 5. The number of hydrogen-bond donors (Lipinski definition) is 1. The summed E-state index contributed by atoms with van der Waals surface area (Å²) in [4.78, 5) is 12.4. The van der Waals surface area contributed by atoms with Crippen LogP contribution >= 0.6 is 0 Å². The average molecular weight is 297 g/mol. The summed E-state index contributed by atoms with van der Waals surface area (Å²) in [6, 6.07) is 20.2. The fraction of sp³-hybridized carbons (Fsp3) is 0.278. The second-order valence-electron chi connectivity index (χ2n) is 6.44. The van der Waals surface area contributed by atoms with Crippen molar-refractivity contribution < 1.29 is 4.79 Å². The van der Waals surface area contributed by atoms with Gasteiger partial charge in [0.25, 0.3) is 0 Å². The lowest BCUT2D eigenvalue weighted by molar-refractivity contribution is -0.120. The largest absolute Gasteiger partial charge is 0.352 e. The van der Waals surface area contributed by atoms with E-state index in [9.17, 15) is 4.79 Å². The number of amides is 1. The summed E-state index contributed by atoms with van der Waals surface area (Å²) in [5, 5.41) is 3.24. The van der Waals surface area contributed by atoms with Crippen LogP contribution in [0.2, 0.25) is 19.6 Å². The molecule has 0 heterocycles. The molecule has 1 atom stereocenters. The minimum Gasteiger partial charge on any atom is -0.352 e. The SMILES string of the molecule is C[Si](C)(C)C(NC(=O)Cc1ccccc1)c1ccccc1. The minimum atomic E-state index is -1.54. The molecule has 1 N–H and O–H groups in total. The molecule has 1 unspecified atom stereocenters. The minimum absolute atomic E-state index is 0.0949. The van der Waals surface area contributed by atoms with E-state index < -0.39 is 8.07 Å². The van der Waals surface area contributed by atoms with Gasteiger partial charge >= 0.3 is 0 Å². The summed E-state index contributed by atoms with van der Waals surface area (Å²) in [7, 11) is -1.54. The van der Waals surface area contributed by atoms with E-state index in [0.717, 1.165) is 5.56 Å². The van der Waals surface area contributed by atoms with Gasteiger partial charge in [-0.3, -0.25) is 4.79 Å². The molecule has 2 aromatic rings. The fourth-order valence-electron chi connectivity index (χ4n) is 2.44. The topological polar surface area (TPSA) is 29.1 Å². The van der Waals surface area contributed by atoms with E-state index in [4.69, 9.17) is 0 Å². The van der Waals surface area contributed by atoms with E-state index in [0.29, 0.717) is 6.42 Å². The standard InChI is InChI=1S/C18H23NOSi/c1-21(2,3)18(16-12-8-5-9-13-16)19-17(20)14-15-10-6-4-7-11-15/h4-13,18H,14H2,1-3H3,(H,19,20). The van der Waals surface area contributed by atoms with E-state index >= 15 is 0 Å². The first-order valence-corrected chi connectivity index (χ1v) is 10.9. The van der Waals surface area contributed by atoms with Crippen molar-refractivity contribution >= 4 is 14.0 Å². The van der Waals surface area contributed by atoms with Crippen LogP contribution in [0, 0.1) is 0 Å². The van der Waals surface area contributed by atoms with Crippen molar-refractivity contribution in [2.24, 2.45) is 0 Å². The maximum Gasteiger partial charge on any atom is 0.224 e. The van der Waals surface area contributed by atoms with Gasteiger partial charge < -0.3 is 5.32 Å². The van der Waals surface area contributed by atoms with Crippen molar-refractivity contribution in [3.05, 3.63) is 71.8 Å². The predicted octanol–water partition coefficient (Wildman–Crippen LogP) is 3.96. The molecule has 0 bridgehead atoms. The molecule has 0 radical (unpaired) electrons. The number of carbonyl (C=O) groups is 1. The van der Waals surface area contributed by atoms with Crippen molar-refractivity contribution in [2.75, 3.05) is 0 Å². The van der Waals surface area contributed by atoms with Gasteiger partial charge in [0.1, 0.15) is 0 Å². The molecule has 0 fully saturated rings. The van der Waals surface area contributed by atoms with Crippen LogP contribution in [0.1, 0.15) is 16.8 Å². The highest BCUT2D eigenvalue weighted by atomic mass is 28.3. The smallest absolute Gasteiger partial charge is 0.224 e. The van der Waals surface area contributed by atoms with Crippen molar-refractivity contribution in [1.82, 2.24) is 5.32 Å². The summed E-state index contributed by atoms with van der Waals surface area (Å²) in [6.07, 6.45) is 0.439. The van der Waals surface area contributed by atoms with Gasteiger partial charge in [-0.1, -0.05) is 80.3 Å². The van der Waals surface area contributed by atoms with E-state index in [1.54, 1.807) is 0 Å². The Labute approximate surface area is 128 Å². The summed E-state index contributed by atoms with van der Waals surface area (Å²) >= 11 is 0. The molecule has 2 rings (SSSR count). The first kappa shape index (κ1) is 15.5. The second kappa shape index (κ2) is 6.72. The molecule has 2 aromatic carbocycles. The van der Waals surface area contributed by atoms with Gasteiger partial charge in [0.15, 0.2) is 0 Å². The summed E-state index contributed by atoms with van der Waals surface area (Å²) in [6.45, 7) is 6.86. The molecule has 1 amide bonds. The van der Waals surface area contributed by atoms with Crippen LogP contribution in [0.25, 0.3) is 0 Å². The Kier molecular flexibility index (Phi) is 4.97. The van der Waals surface area contributed by atoms with Gasteiger partial charge in [-0.25, -0.2) is 0 Å². The molecule has 2 nitrogen and oxygen atoms in total. The van der Waals surface area contributed by atoms with Gasteiger partial charge in [-0.05, 0) is 11.1 Å². The zero-order valence-corrected chi connectivity index (χ0v) is 14.0. The molecule has 0 spiro atoms. The molecule has 0 aliphatic heterocycles. The van der Waals surface area contributed by atoms with Gasteiger partial charge in [0, 0.05) is 5.67 Å². The summed E-state index contributed by atoms with van der Waals surface area (Å²) < 4.78 is 0. The van der Waals surface area contributed by atoms with Crippen LogP contribution < -0.4 is 5.32 Å². The molecule has 21 heavy (non-hydrogen) atoms. The first-order chi connectivity index (χ1) is 9.97. The Hall–Kier alpha value is -1.87. The maximum absolute atomic E-state index is 12.4. The van der Waals surface area contributed by atoms with Gasteiger partial charge in [-0.15, -0.1) is 0 Å². The van der Waals surface area contributed by atoms with Crippen LogP contribution in [-0.4, -0.2) is 14.0 Å². The van der Waals surface area contributed by atoms with E-state index in [1.165, 1.54) is 5.56 Å². The third-order valence-electron chi connectivity index (χ3n) is 3.51. The molecule has 3 heteroatoms. The summed E-state index contributed by atoms with van der Waals surface area (Å²) in [5.41, 5.74) is 2.41. The van der Waals surface area contributed by atoms with Crippen LogP contribution in [0.3, 0.4) is 0 Å². The Morgan fingerprint density at radius 2 is 1.48 bits per heavy atom. The monoisotopic (exact) mass is 297 g/mol. The molecule has 110 valence electrons. The molecule has 0 aliphatic carbocycles. The molecular formula is C18H23NOSi.